The molecule has 1 rings (SSSR count). The van der Waals surface area contributed by atoms with Crippen LogP contribution in [0.1, 0.15) is 10.4 Å². The normalized spacial score (nSPS) is 9.21. The van der Waals surface area contributed by atoms with Crippen LogP contribution in [0.15, 0.2) is 22.7 Å². The Balaban J connectivity index is 2.86. The molecule has 1 aromatic rings. The van der Waals surface area contributed by atoms with Gasteiger partial charge in [-0.3, -0.25) is 4.79 Å². The van der Waals surface area contributed by atoms with E-state index in [-0.39, 0.29) is 12.1 Å². The van der Waals surface area contributed by atoms with E-state index >= 15 is 0 Å². The summed E-state index contributed by atoms with van der Waals surface area (Å²) >= 11 is 3.09. The molecule has 0 saturated carbocycles. The van der Waals surface area contributed by atoms with E-state index in [4.69, 9.17) is 6.42 Å². The van der Waals surface area contributed by atoms with E-state index in [0.717, 1.165) is 0 Å². The molecular weight excluding hydrogens is 249 g/mol. The first-order valence-corrected chi connectivity index (χ1v) is 4.61. The van der Waals surface area contributed by atoms with Crippen molar-refractivity contribution in [2.24, 2.45) is 0 Å². The van der Waals surface area contributed by atoms with Gasteiger partial charge in [0.15, 0.2) is 0 Å². The fraction of sp³-hybridized carbons (Fsp3) is 0.100. The lowest BCUT2D eigenvalue weighted by molar-refractivity contribution is 0.0954. The summed E-state index contributed by atoms with van der Waals surface area (Å²) in [5, 5.41) is 2.38. The third-order valence-electron chi connectivity index (χ3n) is 1.53. The van der Waals surface area contributed by atoms with Crippen LogP contribution in [0, 0.1) is 18.2 Å². The molecule has 1 aromatic carbocycles. The van der Waals surface area contributed by atoms with Crippen molar-refractivity contribution in [2.75, 3.05) is 6.54 Å². The Morgan fingerprint density at radius 3 is 2.93 bits per heavy atom. The maximum atomic E-state index is 13.2. The average Bonchev–Trinajstić information content (AvgIpc) is 2.14. The van der Waals surface area contributed by atoms with Crippen LogP contribution >= 0.6 is 15.9 Å². The number of amides is 1. The SMILES string of the molecule is C#CCNC(=O)c1ccc(Br)cc1F. The maximum absolute atomic E-state index is 13.2. The van der Waals surface area contributed by atoms with Crippen LogP contribution in [0.3, 0.4) is 0 Å². The first-order chi connectivity index (χ1) is 6.65. The van der Waals surface area contributed by atoms with Crippen molar-refractivity contribution in [3.05, 3.63) is 34.1 Å². The number of terminal acetylenes is 1. The Hall–Kier alpha value is -1.34. The molecule has 4 heteroatoms. The molecule has 2 nitrogen and oxygen atoms in total. The van der Waals surface area contributed by atoms with Gasteiger partial charge in [-0.25, -0.2) is 4.39 Å². The van der Waals surface area contributed by atoms with Crippen LogP contribution in [-0.2, 0) is 0 Å². The largest absolute Gasteiger partial charge is 0.341 e. The van der Waals surface area contributed by atoms with Gasteiger partial charge in [0.25, 0.3) is 5.91 Å². The summed E-state index contributed by atoms with van der Waals surface area (Å²) in [6, 6.07) is 4.21. The van der Waals surface area contributed by atoms with Crippen molar-refractivity contribution < 1.29 is 9.18 Å². The van der Waals surface area contributed by atoms with Crippen molar-refractivity contribution in [2.45, 2.75) is 0 Å². The fourth-order valence-corrected chi connectivity index (χ4v) is 1.23. The molecule has 0 saturated heterocycles. The molecule has 0 aromatic heterocycles. The van der Waals surface area contributed by atoms with Crippen molar-refractivity contribution in [1.29, 1.82) is 0 Å². The molecule has 72 valence electrons. The zero-order valence-electron chi connectivity index (χ0n) is 7.18. The van der Waals surface area contributed by atoms with Crippen molar-refractivity contribution >= 4 is 21.8 Å². The van der Waals surface area contributed by atoms with Crippen molar-refractivity contribution in [1.82, 2.24) is 5.32 Å². The molecule has 0 aliphatic carbocycles. The zero-order valence-corrected chi connectivity index (χ0v) is 8.77. The summed E-state index contributed by atoms with van der Waals surface area (Å²) in [7, 11) is 0. The lowest BCUT2D eigenvalue weighted by Crippen LogP contribution is -2.24. The maximum Gasteiger partial charge on any atom is 0.255 e. The molecule has 0 atom stereocenters. The average molecular weight is 256 g/mol. The molecule has 0 bridgehead atoms. The Labute approximate surface area is 89.6 Å². The second kappa shape index (κ2) is 4.77. The molecule has 0 aliphatic heterocycles. The van der Waals surface area contributed by atoms with Gasteiger partial charge in [0.1, 0.15) is 5.82 Å². The topological polar surface area (TPSA) is 29.1 Å². The number of carbonyl (C=O) groups excluding carboxylic acids is 1. The van der Waals surface area contributed by atoms with E-state index in [1.807, 2.05) is 0 Å². The molecule has 14 heavy (non-hydrogen) atoms. The van der Waals surface area contributed by atoms with Crippen LogP contribution in [0.4, 0.5) is 4.39 Å². The van der Waals surface area contributed by atoms with Crippen molar-refractivity contribution in [3.8, 4) is 12.3 Å². The Bertz CT molecular complexity index is 398. The van der Waals surface area contributed by atoms with E-state index in [1.54, 1.807) is 6.07 Å². The molecule has 1 amide bonds. The number of benzene rings is 1. The number of nitrogens with one attached hydrogen (secondary N) is 1. The third-order valence-corrected chi connectivity index (χ3v) is 2.02. The molecule has 0 heterocycles. The van der Waals surface area contributed by atoms with Gasteiger partial charge < -0.3 is 5.32 Å². The monoisotopic (exact) mass is 255 g/mol. The van der Waals surface area contributed by atoms with E-state index in [0.29, 0.717) is 4.47 Å². The smallest absolute Gasteiger partial charge is 0.255 e. The van der Waals surface area contributed by atoms with Crippen LogP contribution in [-0.4, -0.2) is 12.5 Å². The Kier molecular flexibility index (Phi) is 3.66. The molecule has 0 unspecified atom stereocenters. The molecule has 0 fully saturated rings. The van der Waals surface area contributed by atoms with E-state index < -0.39 is 11.7 Å². The van der Waals surface area contributed by atoms with Crippen LogP contribution in [0.5, 0.6) is 0 Å². The predicted octanol–water partition coefficient (Wildman–Crippen LogP) is 1.95. The highest BCUT2D eigenvalue weighted by Crippen LogP contribution is 2.14. The molecule has 0 radical (unpaired) electrons. The van der Waals surface area contributed by atoms with Gasteiger partial charge in [-0.15, -0.1) is 6.42 Å². The number of carbonyl (C=O) groups is 1. The van der Waals surface area contributed by atoms with E-state index in [9.17, 15) is 9.18 Å². The standard InChI is InChI=1S/C10H7BrFNO/c1-2-5-13-10(14)8-4-3-7(11)6-9(8)12/h1,3-4,6H,5H2,(H,13,14). The summed E-state index contributed by atoms with van der Waals surface area (Å²) in [5.74, 6) is 1.15. The second-order valence-corrected chi connectivity index (χ2v) is 3.43. The van der Waals surface area contributed by atoms with Gasteiger partial charge in [0.2, 0.25) is 0 Å². The zero-order chi connectivity index (χ0) is 10.6. The fourth-order valence-electron chi connectivity index (χ4n) is 0.900. The van der Waals surface area contributed by atoms with Crippen LogP contribution in [0.25, 0.3) is 0 Å². The minimum absolute atomic E-state index is 0.0107. The molecule has 0 spiro atoms. The van der Waals surface area contributed by atoms with Crippen molar-refractivity contribution in [3.63, 3.8) is 0 Å². The highest BCUT2D eigenvalue weighted by atomic mass is 79.9. The Morgan fingerprint density at radius 1 is 1.64 bits per heavy atom. The van der Waals surface area contributed by atoms with Gasteiger partial charge in [0.05, 0.1) is 12.1 Å². The van der Waals surface area contributed by atoms with Gasteiger partial charge in [-0.05, 0) is 18.2 Å². The lowest BCUT2D eigenvalue weighted by atomic mass is 10.2. The minimum Gasteiger partial charge on any atom is -0.341 e. The number of hydrogen-bond acceptors (Lipinski definition) is 1. The summed E-state index contributed by atoms with van der Waals surface area (Å²) in [4.78, 5) is 11.3. The highest BCUT2D eigenvalue weighted by Gasteiger charge is 2.10. The predicted molar refractivity (Wildman–Crippen MR) is 55.3 cm³/mol. The summed E-state index contributed by atoms with van der Waals surface area (Å²) < 4.78 is 13.8. The first kappa shape index (κ1) is 10.7. The molecular formula is C10H7BrFNO. The minimum atomic E-state index is -0.575. The summed E-state index contributed by atoms with van der Waals surface area (Å²) in [6.07, 6.45) is 4.95. The molecule has 0 aliphatic rings. The van der Waals surface area contributed by atoms with Gasteiger partial charge >= 0.3 is 0 Å². The molecule has 1 N–H and O–H groups in total. The number of halogens is 2. The number of hydrogen-bond donors (Lipinski definition) is 1. The lowest BCUT2D eigenvalue weighted by Gasteiger charge is -2.02. The third kappa shape index (κ3) is 2.57. The number of rotatable bonds is 2. The highest BCUT2D eigenvalue weighted by molar-refractivity contribution is 9.10. The van der Waals surface area contributed by atoms with Gasteiger partial charge in [-0.1, -0.05) is 21.9 Å². The van der Waals surface area contributed by atoms with Crippen LogP contribution in [0.2, 0.25) is 0 Å². The first-order valence-electron chi connectivity index (χ1n) is 3.82. The Morgan fingerprint density at radius 2 is 2.36 bits per heavy atom. The summed E-state index contributed by atoms with van der Waals surface area (Å²) in [6.45, 7) is 0.0916. The van der Waals surface area contributed by atoms with Crippen LogP contribution < -0.4 is 5.32 Å². The van der Waals surface area contributed by atoms with E-state index in [2.05, 4.69) is 27.2 Å². The van der Waals surface area contributed by atoms with Gasteiger partial charge in [-0.2, -0.15) is 0 Å². The summed E-state index contributed by atoms with van der Waals surface area (Å²) in [5.41, 5.74) is -0.0107. The van der Waals surface area contributed by atoms with Gasteiger partial charge in [0, 0.05) is 4.47 Å². The van der Waals surface area contributed by atoms with E-state index in [1.165, 1.54) is 12.1 Å². The second-order valence-electron chi connectivity index (χ2n) is 2.51. The quantitative estimate of drug-likeness (QED) is 0.805.